The van der Waals surface area contributed by atoms with Crippen LogP contribution in [0.2, 0.25) is 6.32 Å². The number of unbranched alkanes of at least 4 members (excludes halogenated alkanes) is 1. The molecule has 0 aromatic rings. The molecule has 0 rings (SSSR count). The normalized spacial score (nSPS) is 8.89. The van der Waals surface area contributed by atoms with E-state index in [1.807, 2.05) is 0 Å². The summed E-state index contributed by atoms with van der Waals surface area (Å²) in [7, 11) is 5.23. The van der Waals surface area contributed by atoms with Gasteiger partial charge in [-0.15, -0.1) is 0 Å². The molecule has 0 fully saturated rings. The first-order chi connectivity index (χ1) is 4.27. The fourth-order valence-corrected chi connectivity index (χ4v) is 0.464. The Balaban J connectivity index is 3.00. The van der Waals surface area contributed by atoms with Crippen molar-refractivity contribution in [2.24, 2.45) is 16.5 Å². The van der Waals surface area contributed by atoms with Gasteiger partial charge in [-0.1, -0.05) is 12.7 Å². The molecule has 50 valence electrons. The quantitative estimate of drug-likeness (QED) is 0.233. The van der Waals surface area contributed by atoms with Crippen LogP contribution in [0.3, 0.4) is 0 Å². The summed E-state index contributed by atoms with van der Waals surface area (Å²) >= 11 is 0. The van der Waals surface area contributed by atoms with Crippen LogP contribution in [-0.2, 0) is 0 Å². The molecule has 0 saturated carbocycles. The highest BCUT2D eigenvalue weighted by atomic mass is 15.0. The Labute approximate surface area is 56.9 Å². The van der Waals surface area contributed by atoms with E-state index in [4.69, 9.17) is 19.3 Å². The maximum absolute atomic E-state index is 5.23. The molecule has 0 aliphatic carbocycles. The lowest BCUT2D eigenvalue weighted by Crippen LogP contribution is -2.22. The van der Waals surface area contributed by atoms with E-state index in [2.05, 4.69) is 4.99 Å². The molecule has 0 atom stereocenters. The summed E-state index contributed by atoms with van der Waals surface area (Å²) in [6.07, 6.45) is 2.66. The Morgan fingerprint density at radius 3 is 2.44 bits per heavy atom. The highest BCUT2D eigenvalue weighted by Crippen LogP contribution is 1.91. The Hall–Kier alpha value is -0.665. The van der Waals surface area contributed by atoms with Gasteiger partial charge in [0.05, 0.1) is 7.85 Å². The van der Waals surface area contributed by atoms with E-state index in [0.717, 1.165) is 12.8 Å². The third kappa shape index (κ3) is 7.33. The Morgan fingerprint density at radius 1 is 1.33 bits per heavy atom. The van der Waals surface area contributed by atoms with Crippen LogP contribution in [0.15, 0.2) is 4.99 Å². The van der Waals surface area contributed by atoms with Gasteiger partial charge in [-0.05, 0) is 6.42 Å². The van der Waals surface area contributed by atoms with E-state index in [0.29, 0.717) is 12.9 Å². The van der Waals surface area contributed by atoms with Gasteiger partial charge in [0.1, 0.15) is 0 Å². The van der Waals surface area contributed by atoms with Crippen LogP contribution in [0, 0.1) is 0 Å². The smallest absolute Gasteiger partial charge is 0.185 e. The average molecular weight is 125 g/mol. The van der Waals surface area contributed by atoms with Gasteiger partial charge >= 0.3 is 0 Å². The van der Waals surface area contributed by atoms with Gasteiger partial charge in [0, 0.05) is 6.54 Å². The molecule has 0 heterocycles. The van der Waals surface area contributed by atoms with E-state index in [9.17, 15) is 0 Å². The topological polar surface area (TPSA) is 64.4 Å². The summed E-state index contributed by atoms with van der Waals surface area (Å²) in [6, 6.07) is 0. The number of rotatable bonds is 4. The summed E-state index contributed by atoms with van der Waals surface area (Å²) in [5.41, 5.74) is 10.1. The van der Waals surface area contributed by atoms with Crippen LogP contribution in [-0.4, -0.2) is 20.4 Å². The molecule has 0 unspecified atom stereocenters. The molecular weight excluding hydrogens is 113 g/mol. The maximum Gasteiger partial charge on any atom is 0.185 e. The second-order valence-electron chi connectivity index (χ2n) is 1.80. The summed E-state index contributed by atoms with van der Waals surface area (Å²) < 4.78 is 0. The minimum atomic E-state index is 0.159. The predicted octanol–water partition coefficient (Wildman–Crippen LogP) is -0.373. The molecule has 0 aromatic carbocycles. The molecule has 0 bridgehead atoms. The number of hydrogen-bond acceptors (Lipinski definition) is 1. The first kappa shape index (κ1) is 8.33. The van der Waals surface area contributed by atoms with Crippen LogP contribution >= 0.6 is 0 Å². The van der Waals surface area contributed by atoms with E-state index < -0.39 is 0 Å². The molecular formula is C5H12BN3. The fraction of sp³-hybridized carbons (Fsp3) is 0.800. The molecule has 0 spiro atoms. The van der Waals surface area contributed by atoms with Crippen molar-refractivity contribution in [3.63, 3.8) is 0 Å². The highest BCUT2D eigenvalue weighted by Gasteiger charge is 1.82. The molecule has 9 heavy (non-hydrogen) atoms. The van der Waals surface area contributed by atoms with Gasteiger partial charge in [-0.2, -0.15) is 0 Å². The average Bonchev–Trinajstić information content (AvgIpc) is 1.80. The van der Waals surface area contributed by atoms with E-state index in [-0.39, 0.29) is 5.96 Å². The minimum absolute atomic E-state index is 0.159. The van der Waals surface area contributed by atoms with Gasteiger partial charge in [-0.25, -0.2) is 0 Å². The number of nitrogens with zero attached hydrogens (tertiary/aromatic N) is 1. The van der Waals surface area contributed by atoms with Crippen molar-refractivity contribution in [1.29, 1.82) is 0 Å². The van der Waals surface area contributed by atoms with Crippen molar-refractivity contribution in [1.82, 2.24) is 0 Å². The lowest BCUT2D eigenvalue weighted by atomic mass is 10.0. The van der Waals surface area contributed by atoms with Gasteiger partial charge in [0.25, 0.3) is 0 Å². The van der Waals surface area contributed by atoms with Crippen LogP contribution in [0.4, 0.5) is 0 Å². The molecule has 0 aromatic heterocycles. The first-order valence-electron chi connectivity index (χ1n) is 3.03. The second-order valence-corrected chi connectivity index (χ2v) is 1.80. The minimum Gasteiger partial charge on any atom is -0.370 e. The Morgan fingerprint density at radius 2 is 2.00 bits per heavy atom. The first-order valence-corrected chi connectivity index (χ1v) is 3.03. The summed E-state index contributed by atoms with van der Waals surface area (Å²) in [5, 5.41) is 0. The Kier molecular flexibility index (Phi) is 5.07. The van der Waals surface area contributed by atoms with E-state index in [1.165, 1.54) is 0 Å². The lowest BCUT2D eigenvalue weighted by molar-refractivity contribution is 0.805. The van der Waals surface area contributed by atoms with Crippen LogP contribution in [0.5, 0.6) is 0 Å². The number of nitrogens with two attached hydrogens (primary N) is 2. The molecule has 0 aliphatic heterocycles. The highest BCUT2D eigenvalue weighted by molar-refractivity contribution is 6.08. The third-order valence-corrected chi connectivity index (χ3v) is 0.907. The van der Waals surface area contributed by atoms with Crippen molar-refractivity contribution in [3.05, 3.63) is 0 Å². The third-order valence-electron chi connectivity index (χ3n) is 0.907. The second kappa shape index (κ2) is 5.47. The molecule has 0 aliphatic rings. The largest absolute Gasteiger partial charge is 0.370 e. The molecule has 0 amide bonds. The summed E-state index contributed by atoms with van der Waals surface area (Å²) in [6.45, 7) is 0.694. The maximum atomic E-state index is 5.23. The van der Waals surface area contributed by atoms with Gasteiger partial charge < -0.3 is 11.5 Å². The monoisotopic (exact) mass is 125 g/mol. The number of guanidine groups is 1. The number of aliphatic imine (C=N–C) groups is 1. The van der Waals surface area contributed by atoms with Crippen molar-refractivity contribution in [3.8, 4) is 0 Å². The Bertz CT molecular complexity index is 88.2. The summed E-state index contributed by atoms with van der Waals surface area (Å²) in [4.78, 5) is 3.78. The molecule has 0 saturated heterocycles. The van der Waals surface area contributed by atoms with Crippen molar-refractivity contribution in [2.45, 2.75) is 19.2 Å². The van der Waals surface area contributed by atoms with Crippen molar-refractivity contribution < 1.29 is 0 Å². The number of hydrogen-bond donors (Lipinski definition) is 2. The predicted molar refractivity (Wildman–Crippen MR) is 40.5 cm³/mol. The summed E-state index contributed by atoms with van der Waals surface area (Å²) in [5.74, 6) is 0.159. The van der Waals surface area contributed by atoms with Gasteiger partial charge in [-0.3, -0.25) is 4.99 Å². The standard InChI is InChI=1S/C5H12BN3/c6-3-1-2-4-9-5(7)8/h1-4H2,(H4,7,8,9). The van der Waals surface area contributed by atoms with E-state index >= 15 is 0 Å². The van der Waals surface area contributed by atoms with Crippen molar-refractivity contribution >= 4 is 13.8 Å². The fourth-order valence-electron chi connectivity index (χ4n) is 0.464. The van der Waals surface area contributed by atoms with Crippen molar-refractivity contribution in [2.75, 3.05) is 6.54 Å². The molecule has 4 N–H and O–H groups in total. The van der Waals surface area contributed by atoms with E-state index in [1.54, 1.807) is 0 Å². The SMILES string of the molecule is [B]CCCCN=C(N)N. The van der Waals surface area contributed by atoms with Crippen LogP contribution in [0.1, 0.15) is 12.8 Å². The molecule has 3 nitrogen and oxygen atoms in total. The zero-order chi connectivity index (χ0) is 7.11. The zero-order valence-corrected chi connectivity index (χ0v) is 5.51. The van der Waals surface area contributed by atoms with Crippen LogP contribution in [0.25, 0.3) is 0 Å². The molecule has 4 heteroatoms. The van der Waals surface area contributed by atoms with Gasteiger partial charge in [0.15, 0.2) is 5.96 Å². The van der Waals surface area contributed by atoms with Gasteiger partial charge in [0.2, 0.25) is 0 Å². The van der Waals surface area contributed by atoms with Crippen LogP contribution < -0.4 is 11.5 Å². The lowest BCUT2D eigenvalue weighted by Gasteiger charge is -1.92. The zero-order valence-electron chi connectivity index (χ0n) is 5.51. The molecule has 2 radical (unpaired) electrons.